The van der Waals surface area contributed by atoms with Gasteiger partial charge in [-0.05, 0) is 72.6 Å². The number of rotatable bonds is 9. The minimum Gasteiger partial charge on any atom is -0.478 e. The van der Waals surface area contributed by atoms with E-state index < -0.39 is 12.1 Å². The van der Waals surface area contributed by atoms with Gasteiger partial charge in [-0.1, -0.05) is 35.9 Å². The van der Waals surface area contributed by atoms with Gasteiger partial charge < -0.3 is 20.8 Å². The van der Waals surface area contributed by atoms with Crippen LogP contribution in [0.5, 0.6) is 0 Å². The van der Waals surface area contributed by atoms with Gasteiger partial charge in [-0.25, -0.2) is 4.79 Å². The van der Waals surface area contributed by atoms with Gasteiger partial charge in [0.1, 0.15) is 0 Å². The van der Waals surface area contributed by atoms with Crippen LogP contribution in [0.1, 0.15) is 27.6 Å². The lowest BCUT2D eigenvalue weighted by Crippen LogP contribution is -2.23. The Labute approximate surface area is 175 Å². The van der Waals surface area contributed by atoms with E-state index in [9.17, 15) is 9.90 Å². The van der Waals surface area contributed by atoms with Gasteiger partial charge in [0.05, 0.1) is 11.7 Å². The minimum absolute atomic E-state index is 0.263. The highest BCUT2D eigenvalue weighted by molar-refractivity contribution is 6.30. The number of hydrogen-bond donors (Lipinski definition) is 4. The van der Waals surface area contributed by atoms with Crippen molar-refractivity contribution in [2.75, 3.05) is 18.4 Å². The molecule has 1 atom stereocenters. The summed E-state index contributed by atoms with van der Waals surface area (Å²) in [6, 6.07) is 21.9. The van der Waals surface area contributed by atoms with Gasteiger partial charge in [-0.2, -0.15) is 0 Å². The molecule has 0 radical (unpaired) electrons. The second kappa shape index (κ2) is 10.1. The van der Waals surface area contributed by atoms with Crippen LogP contribution in [0, 0.1) is 0 Å². The maximum atomic E-state index is 10.9. The van der Waals surface area contributed by atoms with Crippen molar-refractivity contribution in [3.05, 3.63) is 94.5 Å². The van der Waals surface area contributed by atoms with Gasteiger partial charge >= 0.3 is 5.97 Å². The molecule has 0 aliphatic heterocycles. The topological polar surface area (TPSA) is 81.6 Å². The molecular formula is C23H23ClN2O3. The standard InChI is InChI=1S/C23H23ClN2O3/c24-19-3-1-2-18(14-19)22(27)15-25-13-12-16-4-8-20(9-5-16)26-21-10-6-17(7-11-21)23(28)29/h1-11,14,22,25-27H,12-13,15H2,(H,28,29)/t22-/m0/s1. The van der Waals surface area contributed by atoms with Crippen LogP contribution in [-0.2, 0) is 6.42 Å². The van der Waals surface area contributed by atoms with Crippen molar-refractivity contribution in [3.63, 3.8) is 0 Å². The molecule has 0 aliphatic carbocycles. The second-order valence-corrected chi connectivity index (χ2v) is 7.17. The van der Waals surface area contributed by atoms with Crippen LogP contribution in [0.25, 0.3) is 0 Å². The summed E-state index contributed by atoms with van der Waals surface area (Å²) in [4.78, 5) is 10.9. The zero-order valence-electron chi connectivity index (χ0n) is 15.8. The summed E-state index contributed by atoms with van der Waals surface area (Å²) in [5.74, 6) is -0.936. The largest absolute Gasteiger partial charge is 0.478 e. The SMILES string of the molecule is O=C(O)c1ccc(Nc2ccc(CCNC[C@H](O)c3cccc(Cl)c3)cc2)cc1. The van der Waals surface area contributed by atoms with E-state index in [1.165, 1.54) is 5.56 Å². The molecule has 0 saturated heterocycles. The molecule has 3 aromatic carbocycles. The lowest BCUT2D eigenvalue weighted by Gasteiger charge is -2.13. The van der Waals surface area contributed by atoms with Gasteiger partial charge in [0, 0.05) is 22.9 Å². The summed E-state index contributed by atoms with van der Waals surface area (Å²) < 4.78 is 0. The number of benzene rings is 3. The lowest BCUT2D eigenvalue weighted by molar-refractivity contribution is 0.0697. The number of halogens is 1. The number of nitrogens with one attached hydrogen (secondary N) is 2. The zero-order valence-corrected chi connectivity index (χ0v) is 16.6. The van der Waals surface area contributed by atoms with Crippen molar-refractivity contribution in [1.82, 2.24) is 5.32 Å². The van der Waals surface area contributed by atoms with Crippen LogP contribution in [-0.4, -0.2) is 29.3 Å². The Bertz CT molecular complexity index is 943. The normalized spacial score (nSPS) is 11.8. The molecule has 0 saturated carbocycles. The number of hydrogen-bond acceptors (Lipinski definition) is 4. The molecule has 3 rings (SSSR count). The Hall–Kier alpha value is -2.86. The first-order chi connectivity index (χ1) is 14.0. The fourth-order valence-corrected chi connectivity index (χ4v) is 3.12. The Morgan fingerprint density at radius 2 is 1.62 bits per heavy atom. The summed E-state index contributed by atoms with van der Waals surface area (Å²) in [7, 11) is 0. The number of carboxylic acid groups (broad SMARTS) is 1. The minimum atomic E-state index is -0.936. The van der Waals surface area contributed by atoms with Crippen LogP contribution < -0.4 is 10.6 Å². The van der Waals surface area contributed by atoms with E-state index >= 15 is 0 Å². The zero-order chi connectivity index (χ0) is 20.6. The van der Waals surface area contributed by atoms with Crippen LogP contribution in [0.3, 0.4) is 0 Å². The van der Waals surface area contributed by atoms with Gasteiger partial charge in [-0.3, -0.25) is 0 Å². The van der Waals surface area contributed by atoms with Crippen molar-refractivity contribution in [1.29, 1.82) is 0 Å². The summed E-state index contributed by atoms with van der Waals surface area (Å²) in [5, 5.41) is 26.3. The molecule has 0 fully saturated rings. The third kappa shape index (κ3) is 6.32. The molecule has 3 aromatic rings. The van der Waals surface area contributed by atoms with Crippen molar-refractivity contribution in [2.45, 2.75) is 12.5 Å². The van der Waals surface area contributed by atoms with Crippen LogP contribution in [0.4, 0.5) is 11.4 Å². The van der Waals surface area contributed by atoms with E-state index in [1.54, 1.807) is 36.4 Å². The van der Waals surface area contributed by atoms with Gasteiger partial charge in [-0.15, -0.1) is 0 Å². The fourth-order valence-electron chi connectivity index (χ4n) is 2.92. The smallest absolute Gasteiger partial charge is 0.335 e. The average Bonchev–Trinajstić information content (AvgIpc) is 2.72. The van der Waals surface area contributed by atoms with Crippen LogP contribution in [0.2, 0.25) is 5.02 Å². The summed E-state index contributed by atoms with van der Waals surface area (Å²) in [6.45, 7) is 1.22. The predicted molar refractivity (Wildman–Crippen MR) is 116 cm³/mol. The Kier molecular flexibility index (Phi) is 7.25. The number of aliphatic hydroxyl groups excluding tert-OH is 1. The quantitative estimate of drug-likeness (QED) is 0.386. The maximum absolute atomic E-state index is 10.9. The molecule has 0 unspecified atom stereocenters. The van der Waals surface area contributed by atoms with Gasteiger partial charge in [0.2, 0.25) is 0 Å². The highest BCUT2D eigenvalue weighted by Crippen LogP contribution is 2.19. The number of aliphatic hydroxyl groups is 1. The summed E-state index contributed by atoms with van der Waals surface area (Å²) in [5.41, 5.74) is 4.01. The fraction of sp³-hybridized carbons (Fsp3) is 0.174. The van der Waals surface area contributed by atoms with Gasteiger partial charge in [0.25, 0.3) is 0 Å². The van der Waals surface area contributed by atoms with E-state index in [0.29, 0.717) is 11.6 Å². The predicted octanol–water partition coefficient (Wildman–Crippen LogP) is 4.65. The van der Waals surface area contributed by atoms with Crippen molar-refractivity contribution in [2.24, 2.45) is 0 Å². The second-order valence-electron chi connectivity index (χ2n) is 6.73. The van der Waals surface area contributed by atoms with Crippen LogP contribution in [0.15, 0.2) is 72.8 Å². The first-order valence-electron chi connectivity index (χ1n) is 9.35. The third-order valence-electron chi connectivity index (χ3n) is 4.54. The molecule has 6 heteroatoms. The number of aromatic carboxylic acids is 1. The average molecular weight is 411 g/mol. The molecule has 5 nitrogen and oxygen atoms in total. The van der Waals surface area contributed by atoms with E-state index in [4.69, 9.17) is 16.7 Å². The molecule has 0 aromatic heterocycles. The number of carbonyl (C=O) groups is 1. The molecule has 150 valence electrons. The van der Waals surface area contributed by atoms with Gasteiger partial charge in [0.15, 0.2) is 0 Å². The van der Waals surface area contributed by atoms with E-state index in [-0.39, 0.29) is 5.56 Å². The van der Waals surface area contributed by atoms with Crippen molar-refractivity contribution in [3.8, 4) is 0 Å². The number of anilines is 2. The highest BCUT2D eigenvalue weighted by Gasteiger charge is 2.07. The number of carboxylic acids is 1. The lowest BCUT2D eigenvalue weighted by atomic mass is 10.1. The van der Waals surface area contributed by atoms with E-state index in [0.717, 1.165) is 29.9 Å². The molecule has 0 bridgehead atoms. The molecular weight excluding hydrogens is 388 g/mol. The first kappa shape index (κ1) is 20.9. The molecule has 0 aliphatic rings. The van der Waals surface area contributed by atoms with E-state index in [1.807, 2.05) is 36.4 Å². The molecule has 0 spiro atoms. The van der Waals surface area contributed by atoms with Crippen molar-refractivity contribution < 1.29 is 15.0 Å². The Morgan fingerprint density at radius 1 is 0.966 bits per heavy atom. The third-order valence-corrected chi connectivity index (χ3v) is 4.77. The molecule has 29 heavy (non-hydrogen) atoms. The van der Waals surface area contributed by atoms with Crippen LogP contribution >= 0.6 is 11.6 Å². The molecule has 0 amide bonds. The maximum Gasteiger partial charge on any atom is 0.335 e. The highest BCUT2D eigenvalue weighted by atomic mass is 35.5. The van der Waals surface area contributed by atoms with E-state index in [2.05, 4.69) is 10.6 Å². The summed E-state index contributed by atoms with van der Waals surface area (Å²) in [6.07, 6.45) is 0.253. The Morgan fingerprint density at radius 3 is 2.24 bits per heavy atom. The molecule has 4 N–H and O–H groups in total. The van der Waals surface area contributed by atoms with Crippen molar-refractivity contribution >= 4 is 28.9 Å². The Balaban J connectivity index is 1.44. The molecule has 0 heterocycles. The monoisotopic (exact) mass is 410 g/mol. The summed E-state index contributed by atoms with van der Waals surface area (Å²) >= 11 is 5.95. The first-order valence-corrected chi connectivity index (χ1v) is 9.72.